The molecule has 16 heavy (non-hydrogen) atoms. The second-order valence-corrected chi connectivity index (χ2v) is 7.27. The van der Waals surface area contributed by atoms with Gasteiger partial charge in [0.05, 0.1) is 9.47 Å². The largest absolute Gasteiger partial charge is 0.279 e. The maximum Gasteiger partial charge on any atom is 0.271 e. The van der Waals surface area contributed by atoms with E-state index in [4.69, 9.17) is 0 Å². The van der Waals surface area contributed by atoms with Crippen LogP contribution in [-0.2, 0) is 10.0 Å². The lowest BCUT2D eigenvalue weighted by atomic mass is 10.4. The van der Waals surface area contributed by atoms with Crippen molar-refractivity contribution < 1.29 is 8.42 Å². The smallest absolute Gasteiger partial charge is 0.271 e. The lowest BCUT2D eigenvalue weighted by molar-refractivity contribution is 0.603. The minimum absolute atomic E-state index is 0.274. The first-order chi connectivity index (χ1) is 7.58. The van der Waals surface area contributed by atoms with Crippen LogP contribution in [0.25, 0.3) is 0 Å². The predicted molar refractivity (Wildman–Crippen MR) is 67.1 cm³/mol. The second-order valence-electron chi connectivity index (χ2n) is 2.90. The van der Waals surface area contributed by atoms with E-state index in [9.17, 15) is 8.42 Å². The quantitative estimate of drug-likeness (QED) is 0.946. The average Bonchev–Trinajstić information content (AvgIpc) is 2.66. The number of thiophene rings is 1. The van der Waals surface area contributed by atoms with Gasteiger partial charge in [-0.25, -0.2) is 8.42 Å². The topological polar surface area (TPSA) is 59.1 Å². The van der Waals surface area contributed by atoms with Gasteiger partial charge in [0, 0.05) is 12.4 Å². The number of aromatic nitrogens is 1. The molecule has 0 aliphatic carbocycles. The Morgan fingerprint density at radius 3 is 2.44 bits per heavy atom. The maximum absolute atomic E-state index is 11.9. The Morgan fingerprint density at radius 1 is 1.19 bits per heavy atom. The van der Waals surface area contributed by atoms with Gasteiger partial charge in [0.2, 0.25) is 0 Å². The van der Waals surface area contributed by atoms with E-state index in [1.807, 2.05) is 0 Å². The van der Waals surface area contributed by atoms with E-state index in [2.05, 4.69) is 25.6 Å². The Hall–Kier alpha value is -0.920. The first-order valence-corrected chi connectivity index (χ1v) is 7.35. The van der Waals surface area contributed by atoms with Crippen LogP contribution in [0, 0.1) is 0 Å². The van der Waals surface area contributed by atoms with Crippen LogP contribution in [0.3, 0.4) is 0 Å². The molecule has 0 unspecified atom stereocenters. The molecule has 0 atom stereocenters. The van der Waals surface area contributed by atoms with E-state index in [-0.39, 0.29) is 4.21 Å². The number of halogens is 1. The van der Waals surface area contributed by atoms with Crippen molar-refractivity contribution in [1.82, 2.24) is 4.98 Å². The van der Waals surface area contributed by atoms with Crippen LogP contribution >= 0.6 is 27.3 Å². The zero-order valence-electron chi connectivity index (χ0n) is 7.92. The number of rotatable bonds is 3. The highest BCUT2D eigenvalue weighted by Crippen LogP contribution is 2.27. The fraction of sp³-hybridized carbons (Fsp3) is 0. The van der Waals surface area contributed by atoms with Crippen LogP contribution in [0.5, 0.6) is 0 Å². The SMILES string of the molecule is O=S(=O)(Nc1ccncc1)c1ccc(Br)s1. The molecule has 4 nitrogen and oxygen atoms in total. The molecule has 2 heterocycles. The lowest BCUT2D eigenvalue weighted by Crippen LogP contribution is -2.11. The summed E-state index contributed by atoms with van der Waals surface area (Å²) in [6.07, 6.45) is 3.06. The van der Waals surface area contributed by atoms with E-state index < -0.39 is 10.0 Å². The van der Waals surface area contributed by atoms with Crippen LogP contribution in [-0.4, -0.2) is 13.4 Å². The molecule has 7 heteroatoms. The molecular weight excluding hydrogens is 312 g/mol. The summed E-state index contributed by atoms with van der Waals surface area (Å²) in [5, 5.41) is 0. The summed E-state index contributed by atoms with van der Waals surface area (Å²) in [6, 6.07) is 6.45. The molecule has 0 aliphatic rings. The molecule has 2 aromatic rings. The van der Waals surface area contributed by atoms with Gasteiger partial charge < -0.3 is 0 Å². The predicted octanol–water partition coefficient (Wildman–Crippen LogP) is 2.71. The number of sulfonamides is 1. The Bertz CT molecular complexity index is 581. The average molecular weight is 319 g/mol. The molecule has 2 aromatic heterocycles. The van der Waals surface area contributed by atoms with Gasteiger partial charge in [-0.05, 0) is 40.2 Å². The zero-order chi connectivity index (χ0) is 11.6. The molecular formula is C9H7BrN2O2S2. The van der Waals surface area contributed by atoms with E-state index in [0.717, 1.165) is 15.1 Å². The van der Waals surface area contributed by atoms with Gasteiger partial charge in [0.25, 0.3) is 10.0 Å². The third-order valence-electron chi connectivity index (χ3n) is 1.75. The highest BCUT2D eigenvalue weighted by molar-refractivity contribution is 9.11. The zero-order valence-corrected chi connectivity index (χ0v) is 11.1. The van der Waals surface area contributed by atoms with E-state index >= 15 is 0 Å². The monoisotopic (exact) mass is 318 g/mol. The highest BCUT2D eigenvalue weighted by Gasteiger charge is 2.16. The molecule has 0 amide bonds. The van der Waals surface area contributed by atoms with Crippen LogP contribution in [0.1, 0.15) is 0 Å². The summed E-state index contributed by atoms with van der Waals surface area (Å²) in [6.45, 7) is 0. The number of pyridine rings is 1. The van der Waals surface area contributed by atoms with Crippen molar-refractivity contribution >= 4 is 43.0 Å². The van der Waals surface area contributed by atoms with Crippen molar-refractivity contribution in [2.75, 3.05) is 4.72 Å². The second kappa shape index (κ2) is 4.52. The fourth-order valence-corrected chi connectivity index (χ4v) is 4.14. The Balaban J connectivity index is 2.28. The van der Waals surface area contributed by atoms with Crippen molar-refractivity contribution in [3.8, 4) is 0 Å². The third-order valence-corrected chi connectivity index (χ3v) is 5.24. The van der Waals surface area contributed by atoms with Crippen molar-refractivity contribution in [2.45, 2.75) is 4.21 Å². The fourth-order valence-electron chi connectivity index (χ4n) is 1.07. The summed E-state index contributed by atoms with van der Waals surface area (Å²) in [5.74, 6) is 0. The molecule has 0 aromatic carbocycles. The maximum atomic E-state index is 11.9. The molecule has 0 saturated carbocycles. The van der Waals surface area contributed by atoms with Crippen LogP contribution in [0.4, 0.5) is 5.69 Å². The summed E-state index contributed by atoms with van der Waals surface area (Å²) < 4.78 is 27.3. The lowest BCUT2D eigenvalue weighted by Gasteiger charge is -2.04. The van der Waals surface area contributed by atoms with Crippen LogP contribution < -0.4 is 4.72 Å². The third kappa shape index (κ3) is 2.60. The van der Waals surface area contributed by atoms with E-state index in [1.54, 1.807) is 24.3 Å². The highest BCUT2D eigenvalue weighted by atomic mass is 79.9. The van der Waals surface area contributed by atoms with Crippen molar-refractivity contribution in [3.63, 3.8) is 0 Å². The molecule has 0 radical (unpaired) electrons. The first-order valence-electron chi connectivity index (χ1n) is 4.26. The number of hydrogen-bond acceptors (Lipinski definition) is 4. The molecule has 0 fully saturated rings. The van der Waals surface area contributed by atoms with Gasteiger partial charge in [-0.2, -0.15) is 0 Å². The Morgan fingerprint density at radius 2 is 1.88 bits per heavy atom. The van der Waals surface area contributed by atoms with Gasteiger partial charge in [0.15, 0.2) is 0 Å². The minimum Gasteiger partial charge on any atom is -0.279 e. The summed E-state index contributed by atoms with van der Waals surface area (Å²) >= 11 is 4.39. The van der Waals surface area contributed by atoms with Gasteiger partial charge >= 0.3 is 0 Å². The summed E-state index contributed by atoms with van der Waals surface area (Å²) in [7, 11) is -3.48. The number of nitrogens with zero attached hydrogens (tertiary/aromatic N) is 1. The van der Waals surface area contributed by atoms with Crippen molar-refractivity contribution in [2.24, 2.45) is 0 Å². The van der Waals surface area contributed by atoms with Crippen molar-refractivity contribution in [3.05, 3.63) is 40.4 Å². The van der Waals surface area contributed by atoms with Gasteiger partial charge in [0.1, 0.15) is 4.21 Å². The molecule has 2 rings (SSSR count). The summed E-state index contributed by atoms with van der Waals surface area (Å²) in [4.78, 5) is 3.81. The van der Waals surface area contributed by atoms with Crippen LogP contribution in [0.15, 0.2) is 44.7 Å². The van der Waals surface area contributed by atoms with E-state index in [1.165, 1.54) is 12.4 Å². The number of hydrogen-bond donors (Lipinski definition) is 1. The van der Waals surface area contributed by atoms with Gasteiger partial charge in [-0.15, -0.1) is 11.3 Å². The standard InChI is InChI=1S/C9H7BrN2O2S2/c10-8-1-2-9(15-8)16(13,14)12-7-3-5-11-6-4-7/h1-6H,(H,11,12). The van der Waals surface area contributed by atoms with Gasteiger partial charge in [-0.1, -0.05) is 0 Å². The summed E-state index contributed by atoms with van der Waals surface area (Å²) in [5.41, 5.74) is 0.500. The number of nitrogens with one attached hydrogen (secondary N) is 1. The van der Waals surface area contributed by atoms with Gasteiger partial charge in [-0.3, -0.25) is 9.71 Å². The first kappa shape index (κ1) is 11.6. The molecule has 0 bridgehead atoms. The minimum atomic E-state index is -3.48. The molecule has 0 saturated heterocycles. The molecule has 1 N–H and O–H groups in total. The molecule has 84 valence electrons. The van der Waals surface area contributed by atoms with Crippen molar-refractivity contribution in [1.29, 1.82) is 0 Å². The Labute approximate surface area is 106 Å². The normalized spacial score (nSPS) is 11.3. The van der Waals surface area contributed by atoms with E-state index in [0.29, 0.717) is 5.69 Å². The molecule has 0 spiro atoms. The molecule has 0 aliphatic heterocycles. The number of anilines is 1. The Kier molecular flexibility index (Phi) is 3.27. The van der Waals surface area contributed by atoms with Crippen LogP contribution in [0.2, 0.25) is 0 Å².